The van der Waals surface area contributed by atoms with Crippen molar-refractivity contribution in [1.29, 1.82) is 0 Å². The van der Waals surface area contributed by atoms with E-state index in [1.165, 1.54) is 48.5 Å². The molecule has 29 heavy (non-hydrogen) atoms. The van der Waals surface area contributed by atoms with Crippen LogP contribution < -0.4 is 9.47 Å². The summed E-state index contributed by atoms with van der Waals surface area (Å²) in [6.45, 7) is 0. The molecule has 4 rings (SSSR count). The third kappa shape index (κ3) is 4.01. The fourth-order valence-electron chi connectivity index (χ4n) is 2.74. The zero-order valence-electron chi connectivity index (χ0n) is 14.6. The Bertz CT molecular complexity index is 1170. The Morgan fingerprint density at radius 2 is 1.76 bits per heavy atom. The van der Waals surface area contributed by atoms with Gasteiger partial charge in [-0.2, -0.15) is 0 Å². The molecule has 4 nitrogen and oxygen atoms in total. The zero-order chi connectivity index (χ0) is 20.5. The highest BCUT2D eigenvalue weighted by molar-refractivity contribution is 6.35. The maximum Gasteiger partial charge on any atom is 0.343 e. The lowest BCUT2D eigenvalue weighted by Gasteiger charge is -2.05. The summed E-state index contributed by atoms with van der Waals surface area (Å²) in [6, 6.07) is 14.3. The lowest BCUT2D eigenvalue weighted by molar-refractivity contribution is 0.0734. The molecule has 0 bridgehead atoms. The van der Waals surface area contributed by atoms with E-state index in [2.05, 4.69) is 0 Å². The molecule has 1 aliphatic rings. The second kappa shape index (κ2) is 7.70. The Hall–Kier alpha value is -3.15. The van der Waals surface area contributed by atoms with E-state index in [1.54, 1.807) is 18.2 Å². The Kier molecular flexibility index (Phi) is 5.09. The summed E-state index contributed by atoms with van der Waals surface area (Å²) in [5.74, 6) is -0.884. The van der Waals surface area contributed by atoms with Crippen LogP contribution in [0.2, 0.25) is 10.0 Å². The van der Waals surface area contributed by atoms with Crippen molar-refractivity contribution >= 4 is 41.0 Å². The fraction of sp³-hybridized carbons (Fsp3) is 0. The van der Waals surface area contributed by atoms with Crippen molar-refractivity contribution in [3.05, 3.63) is 99.0 Å². The molecule has 0 atom stereocenters. The first kappa shape index (κ1) is 19.2. The molecule has 1 aliphatic heterocycles. The maximum atomic E-state index is 13.0. The minimum absolute atomic E-state index is 0.0891. The molecule has 3 aromatic carbocycles. The molecular weight excluding hydrogens is 418 g/mol. The van der Waals surface area contributed by atoms with Crippen LogP contribution >= 0.6 is 23.2 Å². The Balaban J connectivity index is 1.56. The van der Waals surface area contributed by atoms with Gasteiger partial charge in [-0.25, -0.2) is 9.18 Å². The monoisotopic (exact) mass is 428 g/mol. The van der Waals surface area contributed by atoms with Gasteiger partial charge in [0.05, 0.1) is 11.1 Å². The number of halogens is 3. The molecule has 0 radical (unpaired) electrons. The van der Waals surface area contributed by atoms with E-state index in [9.17, 15) is 14.0 Å². The number of hydrogen-bond donors (Lipinski definition) is 0. The molecule has 0 N–H and O–H groups in total. The van der Waals surface area contributed by atoms with E-state index in [0.29, 0.717) is 21.2 Å². The first-order valence-electron chi connectivity index (χ1n) is 8.42. The molecule has 0 unspecified atom stereocenters. The zero-order valence-corrected chi connectivity index (χ0v) is 16.1. The van der Waals surface area contributed by atoms with Crippen LogP contribution in [0.25, 0.3) is 6.08 Å². The molecular formula is C22H11Cl2FO4. The first-order chi connectivity index (χ1) is 13.9. The number of carbonyl (C=O) groups excluding carboxylic acids is 2. The minimum Gasteiger partial charge on any atom is -0.452 e. The Morgan fingerprint density at radius 1 is 1.00 bits per heavy atom. The molecule has 0 saturated heterocycles. The summed E-state index contributed by atoms with van der Waals surface area (Å²) < 4.78 is 23.9. The number of benzene rings is 3. The molecule has 0 aromatic heterocycles. The number of allylic oxidation sites excluding steroid dienone is 1. The lowest BCUT2D eigenvalue weighted by Crippen LogP contribution is -2.08. The van der Waals surface area contributed by atoms with Gasteiger partial charge in [-0.15, -0.1) is 0 Å². The highest BCUT2D eigenvalue weighted by atomic mass is 35.5. The van der Waals surface area contributed by atoms with Crippen LogP contribution in [-0.4, -0.2) is 11.8 Å². The smallest absolute Gasteiger partial charge is 0.343 e. The van der Waals surface area contributed by atoms with Gasteiger partial charge in [-0.05, 0) is 60.2 Å². The second-order valence-electron chi connectivity index (χ2n) is 6.16. The van der Waals surface area contributed by atoms with Crippen LogP contribution in [0, 0.1) is 5.82 Å². The Morgan fingerprint density at radius 3 is 2.48 bits per heavy atom. The van der Waals surface area contributed by atoms with Crippen molar-refractivity contribution < 1.29 is 23.5 Å². The van der Waals surface area contributed by atoms with Gasteiger partial charge in [0.1, 0.15) is 17.3 Å². The van der Waals surface area contributed by atoms with E-state index in [-0.39, 0.29) is 28.6 Å². The fourth-order valence-corrected chi connectivity index (χ4v) is 3.21. The molecule has 0 amide bonds. The highest BCUT2D eigenvalue weighted by Crippen LogP contribution is 2.36. The number of fused-ring (bicyclic) bond motifs is 1. The van der Waals surface area contributed by atoms with Crippen molar-refractivity contribution in [2.75, 3.05) is 0 Å². The third-order valence-electron chi connectivity index (χ3n) is 4.18. The number of ketones is 1. The van der Waals surface area contributed by atoms with Crippen molar-refractivity contribution in [3.63, 3.8) is 0 Å². The van der Waals surface area contributed by atoms with Crippen molar-refractivity contribution in [1.82, 2.24) is 0 Å². The number of ether oxygens (including phenoxy) is 2. The van der Waals surface area contributed by atoms with Crippen LogP contribution in [0.3, 0.4) is 0 Å². The highest BCUT2D eigenvalue weighted by Gasteiger charge is 2.28. The Labute approximate surface area is 175 Å². The molecule has 0 aliphatic carbocycles. The van der Waals surface area contributed by atoms with Crippen LogP contribution in [0.5, 0.6) is 11.5 Å². The third-order valence-corrected chi connectivity index (χ3v) is 4.74. The number of esters is 1. The predicted molar refractivity (Wildman–Crippen MR) is 107 cm³/mol. The SMILES string of the molecule is O=C(Oc1ccc2c(c1)OC(=Cc1ccc(Cl)cc1Cl)C2=O)c1ccc(F)cc1. The average Bonchev–Trinajstić information content (AvgIpc) is 2.99. The van der Waals surface area contributed by atoms with E-state index >= 15 is 0 Å². The maximum absolute atomic E-state index is 13.0. The lowest BCUT2D eigenvalue weighted by atomic mass is 10.1. The molecule has 0 fully saturated rings. The van der Waals surface area contributed by atoms with E-state index in [0.717, 1.165) is 0 Å². The van der Waals surface area contributed by atoms with Crippen molar-refractivity contribution in [2.24, 2.45) is 0 Å². The molecule has 144 valence electrons. The van der Waals surface area contributed by atoms with Gasteiger partial charge in [0.25, 0.3) is 0 Å². The van der Waals surface area contributed by atoms with Gasteiger partial charge < -0.3 is 9.47 Å². The summed E-state index contributed by atoms with van der Waals surface area (Å²) in [5.41, 5.74) is 1.11. The van der Waals surface area contributed by atoms with Crippen LogP contribution in [0.1, 0.15) is 26.3 Å². The van der Waals surface area contributed by atoms with Gasteiger partial charge in [0.2, 0.25) is 5.78 Å². The molecule has 1 heterocycles. The quantitative estimate of drug-likeness (QED) is 0.293. The van der Waals surface area contributed by atoms with E-state index in [4.69, 9.17) is 32.7 Å². The van der Waals surface area contributed by atoms with Gasteiger partial charge in [0, 0.05) is 16.1 Å². The van der Waals surface area contributed by atoms with E-state index < -0.39 is 11.8 Å². The summed E-state index contributed by atoms with van der Waals surface area (Å²) >= 11 is 12.0. The normalized spacial score (nSPS) is 13.9. The van der Waals surface area contributed by atoms with Crippen molar-refractivity contribution in [2.45, 2.75) is 0 Å². The molecule has 0 spiro atoms. The summed E-state index contributed by atoms with van der Waals surface area (Å²) in [6.07, 6.45) is 1.52. The predicted octanol–water partition coefficient (Wildman–Crippen LogP) is 5.97. The number of rotatable bonds is 3. The summed E-state index contributed by atoms with van der Waals surface area (Å²) in [4.78, 5) is 24.7. The average molecular weight is 429 g/mol. The van der Waals surface area contributed by atoms with Gasteiger partial charge >= 0.3 is 5.97 Å². The van der Waals surface area contributed by atoms with E-state index in [1.807, 2.05) is 0 Å². The van der Waals surface area contributed by atoms with Crippen LogP contribution in [0.4, 0.5) is 4.39 Å². The molecule has 7 heteroatoms. The minimum atomic E-state index is -0.655. The summed E-state index contributed by atoms with van der Waals surface area (Å²) in [5, 5.41) is 0.859. The van der Waals surface area contributed by atoms with Crippen molar-refractivity contribution in [3.8, 4) is 11.5 Å². The number of hydrogen-bond acceptors (Lipinski definition) is 4. The number of Topliss-reactive ketones (excluding diaryl/α,β-unsaturated/α-hetero) is 1. The number of carbonyl (C=O) groups is 2. The van der Waals surface area contributed by atoms with Gasteiger partial charge in [-0.1, -0.05) is 29.3 Å². The topological polar surface area (TPSA) is 52.6 Å². The molecule has 0 saturated carbocycles. The van der Waals surface area contributed by atoms with Crippen LogP contribution in [-0.2, 0) is 0 Å². The van der Waals surface area contributed by atoms with Crippen LogP contribution in [0.15, 0.2) is 66.4 Å². The first-order valence-corrected chi connectivity index (χ1v) is 9.17. The molecule has 3 aromatic rings. The van der Waals surface area contributed by atoms with Gasteiger partial charge in [0.15, 0.2) is 5.76 Å². The standard InChI is InChI=1S/C22H11Cl2FO4/c23-14-4-1-13(18(24)10-14)9-20-21(26)17-8-7-16(11-19(17)29-20)28-22(27)12-2-5-15(25)6-3-12/h1-11H. The summed E-state index contributed by atoms with van der Waals surface area (Å²) in [7, 11) is 0. The second-order valence-corrected chi connectivity index (χ2v) is 7.00. The van der Waals surface area contributed by atoms with Gasteiger partial charge in [-0.3, -0.25) is 4.79 Å². The largest absolute Gasteiger partial charge is 0.452 e.